The number of halogens is 3. The first-order chi connectivity index (χ1) is 10.4. The van der Waals surface area contributed by atoms with Gasteiger partial charge in [-0.2, -0.15) is 23.5 Å². The Bertz CT molecular complexity index is 886. The molecule has 3 aromatic rings. The van der Waals surface area contributed by atoms with Crippen molar-refractivity contribution < 1.29 is 13.2 Å². The lowest BCUT2D eigenvalue weighted by Gasteiger charge is -2.10. The standard InChI is InChI=1S/C14H9F3N4S/c1-2-9-3-4-11(22-9)10-5-12(14(15,16)17)21-13(20-10)8(6-18)7-19-21/h3-5,7H,2H2,1H3. The summed E-state index contributed by atoms with van der Waals surface area (Å²) in [5.41, 5.74) is -0.819. The number of rotatable bonds is 2. The highest BCUT2D eigenvalue weighted by Gasteiger charge is 2.35. The quantitative estimate of drug-likeness (QED) is 0.719. The van der Waals surface area contributed by atoms with E-state index >= 15 is 0 Å². The van der Waals surface area contributed by atoms with Gasteiger partial charge in [0.25, 0.3) is 0 Å². The van der Waals surface area contributed by atoms with Gasteiger partial charge in [-0.25, -0.2) is 9.50 Å². The van der Waals surface area contributed by atoms with E-state index in [2.05, 4.69) is 10.1 Å². The van der Waals surface area contributed by atoms with Gasteiger partial charge in [-0.15, -0.1) is 11.3 Å². The fraction of sp³-hybridized carbons (Fsp3) is 0.214. The molecule has 0 amide bonds. The van der Waals surface area contributed by atoms with Crippen molar-refractivity contribution in [2.75, 3.05) is 0 Å². The molecule has 8 heteroatoms. The minimum absolute atomic E-state index is 0.0135. The van der Waals surface area contributed by atoms with Gasteiger partial charge in [-0.1, -0.05) is 6.92 Å². The molecule has 0 unspecified atom stereocenters. The van der Waals surface area contributed by atoms with E-state index in [0.717, 1.165) is 23.6 Å². The Kier molecular flexibility index (Phi) is 3.37. The Morgan fingerprint density at radius 3 is 2.73 bits per heavy atom. The van der Waals surface area contributed by atoms with Gasteiger partial charge < -0.3 is 0 Å². The van der Waals surface area contributed by atoms with Crippen molar-refractivity contribution >= 4 is 17.0 Å². The van der Waals surface area contributed by atoms with Crippen molar-refractivity contribution in [1.29, 1.82) is 5.26 Å². The fourth-order valence-electron chi connectivity index (χ4n) is 2.08. The molecule has 3 rings (SSSR count). The van der Waals surface area contributed by atoms with E-state index in [4.69, 9.17) is 5.26 Å². The van der Waals surface area contributed by atoms with Crippen molar-refractivity contribution in [2.24, 2.45) is 0 Å². The molecule has 0 N–H and O–H groups in total. The molecule has 0 aliphatic carbocycles. The van der Waals surface area contributed by atoms with Crippen LogP contribution in [0.5, 0.6) is 0 Å². The molecule has 0 spiro atoms. The molecule has 112 valence electrons. The summed E-state index contributed by atoms with van der Waals surface area (Å²) < 4.78 is 40.4. The molecule has 0 bridgehead atoms. The minimum Gasteiger partial charge on any atom is -0.226 e. The second-order valence-corrected chi connectivity index (χ2v) is 5.72. The van der Waals surface area contributed by atoms with Crippen LogP contribution >= 0.6 is 11.3 Å². The first-order valence-electron chi connectivity index (χ1n) is 6.39. The number of hydrogen-bond donors (Lipinski definition) is 0. The molecular weight excluding hydrogens is 313 g/mol. The van der Waals surface area contributed by atoms with E-state index in [0.29, 0.717) is 9.39 Å². The predicted octanol–water partition coefficient (Wildman–Crippen LogP) is 3.91. The Morgan fingerprint density at radius 1 is 1.36 bits per heavy atom. The highest BCUT2D eigenvalue weighted by atomic mass is 32.1. The predicted molar refractivity (Wildman–Crippen MR) is 75.4 cm³/mol. The third-order valence-electron chi connectivity index (χ3n) is 3.15. The first-order valence-corrected chi connectivity index (χ1v) is 7.21. The Balaban J connectivity index is 2.29. The van der Waals surface area contributed by atoms with Crippen LogP contribution in [0.4, 0.5) is 13.2 Å². The van der Waals surface area contributed by atoms with Crippen LogP contribution in [0.2, 0.25) is 0 Å². The molecule has 4 nitrogen and oxygen atoms in total. The van der Waals surface area contributed by atoms with Gasteiger partial charge in [-0.3, -0.25) is 0 Å². The summed E-state index contributed by atoms with van der Waals surface area (Å²) in [6.07, 6.45) is -2.69. The van der Waals surface area contributed by atoms with E-state index in [9.17, 15) is 13.2 Å². The van der Waals surface area contributed by atoms with Crippen LogP contribution in [0.15, 0.2) is 24.4 Å². The maximum absolute atomic E-state index is 13.2. The third-order valence-corrected chi connectivity index (χ3v) is 4.40. The molecule has 0 atom stereocenters. The summed E-state index contributed by atoms with van der Waals surface area (Å²) in [6.45, 7) is 1.97. The van der Waals surface area contributed by atoms with Crippen LogP contribution in [-0.4, -0.2) is 14.6 Å². The van der Waals surface area contributed by atoms with E-state index in [-0.39, 0.29) is 16.9 Å². The van der Waals surface area contributed by atoms with Gasteiger partial charge in [0, 0.05) is 4.88 Å². The molecule has 0 radical (unpaired) electrons. The first kappa shape index (κ1) is 14.5. The molecule has 0 aliphatic rings. The molecule has 0 aliphatic heterocycles. The van der Waals surface area contributed by atoms with Crippen LogP contribution in [-0.2, 0) is 12.6 Å². The monoisotopic (exact) mass is 322 g/mol. The highest BCUT2D eigenvalue weighted by Crippen LogP contribution is 2.34. The number of aryl methyl sites for hydroxylation is 1. The summed E-state index contributed by atoms with van der Waals surface area (Å²) in [7, 11) is 0. The van der Waals surface area contributed by atoms with Crippen molar-refractivity contribution in [3.8, 4) is 16.6 Å². The number of hydrogen-bond acceptors (Lipinski definition) is 4. The number of aromatic nitrogens is 3. The van der Waals surface area contributed by atoms with Crippen molar-refractivity contribution in [1.82, 2.24) is 14.6 Å². The largest absolute Gasteiger partial charge is 0.433 e. The van der Waals surface area contributed by atoms with Crippen molar-refractivity contribution in [3.05, 3.63) is 40.5 Å². The highest BCUT2D eigenvalue weighted by molar-refractivity contribution is 7.15. The average Bonchev–Trinajstić information content (AvgIpc) is 3.11. The van der Waals surface area contributed by atoms with Gasteiger partial charge >= 0.3 is 6.18 Å². The number of alkyl halides is 3. The van der Waals surface area contributed by atoms with Crippen LogP contribution in [0.3, 0.4) is 0 Å². The van der Waals surface area contributed by atoms with Crippen LogP contribution in [0, 0.1) is 11.3 Å². The minimum atomic E-state index is -4.58. The molecule has 0 saturated heterocycles. The zero-order chi connectivity index (χ0) is 15.9. The maximum Gasteiger partial charge on any atom is 0.433 e. The summed E-state index contributed by atoms with van der Waals surface area (Å²) in [5.74, 6) is 0. The van der Waals surface area contributed by atoms with Gasteiger partial charge in [0.1, 0.15) is 11.6 Å². The van der Waals surface area contributed by atoms with E-state index < -0.39 is 11.9 Å². The zero-order valence-electron chi connectivity index (χ0n) is 11.3. The zero-order valence-corrected chi connectivity index (χ0v) is 12.2. The maximum atomic E-state index is 13.2. The van der Waals surface area contributed by atoms with Gasteiger partial charge in [0.05, 0.1) is 16.8 Å². The van der Waals surface area contributed by atoms with E-state index in [1.54, 1.807) is 6.07 Å². The molecule has 3 heterocycles. The van der Waals surface area contributed by atoms with Gasteiger partial charge in [0.15, 0.2) is 11.3 Å². The molecule has 3 aromatic heterocycles. The van der Waals surface area contributed by atoms with E-state index in [1.807, 2.05) is 19.1 Å². The van der Waals surface area contributed by atoms with E-state index in [1.165, 1.54) is 11.3 Å². The smallest absolute Gasteiger partial charge is 0.226 e. The Labute approximate surface area is 127 Å². The average molecular weight is 322 g/mol. The number of nitrogens with zero attached hydrogens (tertiary/aromatic N) is 4. The number of fused-ring (bicyclic) bond motifs is 1. The van der Waals surface area contributed by atoms with Crippen LogP contribution < -0.4 is 0 Å². The molecule has 0 saturated carbocycles. The van der Waals surface area contributed by atoms with Crippen molar-refractivity contribution in [2.45, 2.75) is 19.5 Å². The Hall–Kier alpha value is -2.40. The second kappa shape index (κ2) is 5.10. The lowest BCUT2D eigenvalue weighted by molar-refractivity contribution is -0.142. The summed E-state index contributed by atoms with van der Waals surface area (Å²) in [6, 6.07) is 6.38. The second-order valence-electron chi connectivity index (χ2n) is 4.55. The Morgan fingerprint density at radius 2 is 2.14 bits per heavy atom. The molecule has 22 heavy (non-hydrogen) atoms. The van der Waals surface area contributed by atoms with Gasteiger partial charge in [0.2, 0.25) is 0 Å². The number of nitriles is 1. The fourth-order valence-corrected chi connectivity index (χ4v) is 2.98. The summed E-state index contributed by atoms with van der Waals surface area (Å²) in [4.78, 5) is 5.88. The molecule has 0 fully saturated rings. The number of thiophene rings is 1. The van der Waals surface area contributed by atoms with Crippen LogP contribution in [0.1, 0.15) is 23.1 Å². The SMILES string of the molecule is CCc1ccc(-c2cc(C(F)(F)F)n3ncc(C#N)c3n2)s1. The van der Waals surface area contributed by atoms with Gasteiger partial charge in [-0.05, 0) is 24.6 Å². The van der Waals surface area contributed by atoms with Crippen LogP contribution in [0.25, 0.3) is 16.2 Å². The summed E-state index contributed by atoms with van der Waals surface area (Å²) >= 11 is 1.39. The third kappa shape index (κ3) is 2.33. The molecule has 0 aromatic carbocycles. The van der Waals surface area contributed by atoms with Crippen molar-refractivity contribution in [3.63, 3.8) is 0 Å². The topological polar surface area (TPSA) is 54.0 Å². The normalized spacial score (nSPS) is 11.8. The lowest BCUT2D eigenvalue weighted by Crippen LogP contribution is -2.13. The lowest BCUT2D eigenvalue weighted by atomic mass is 10.2. The summed E-state index contributed by atoms with van der Waals surface area (Å²) in [5, 5.41) is 12.6. The molecular formula is C14H9F3N4S.